The molecule has 1 fully saturated rings. The van der Waals surface area contributed by atoms with Crippen LogP contribution in [0.15, 0.2) is 34.4 Å². The van der Waals surface area contributed by atoms with Gasteiger partial charge >= 0.3 is 6.03 Å². The Bertz CT molecular complexity index is 566. The second kappa shape index (κ2) is 6.28. The molecule has 3 rings (SSSR count). The van der Waals surface area contributed by atoms with Crippen LogP contribution in [-0.2, 0) is 0 Å². The molecule has 2 atom stereocenters. The van der Waals surface area contributed by atoms with Gasteiger partial charge in [-0.1, -0.05) is 0 Å². The van der Waals surface area contributed by atoms with Crippen LogP contribution in [0.5, 0.6) is 0 Å². The fourth-order valence-corrected chi connectivity index (χ4v) is 2.94. The molecular weight excluding hydrogens is 290 g/mol. The Balaban J connectivity index is 1.51. The van der Waals surface area contributed by atoms with Crippen LogP contribution in [0.2, 0.25) is 0 Å². The quantitative estimate of drug-likeness (QED) is 0.763. The third-order valence-corrected chi connectivity index (χ3v) is 4.28. The van der Waals surface area contributed by atoms with Crippen LogP contribution in [-0.4, -0.2) is 22.7 Å². The second-order valence-corrected chi connectivity index (χ2v) is 6.00. The third kappa shape index (κ3) is 3.62. The van der Waals surface area contributed by atoms with Gasteiger partial charge in [-0.2, -0.15) is 0 Å². The number of hydrogen-bond acceptors (Lipinski definition) is 5. The zero-order chi connectivity index (χ0) is 14.7. The zero-order valence-electron chi connectivity index (χ0n) is 11.4. The summed E-state index contributed by atoms with van der Waals surface area (Å²) in [5.74, 6) is 0.908. The fourth-order valence-electron chi connectivity index (χ4n) is 2.16. The molecule has 21 heavy (non-hydrogen) atoms. The van der Waals surface area contributed by atoms with Crippen LogP contribution < -0.4 is 10.6 Å². The smallest absolute Gasteiger partial charge is 0.315 e. The van der Waals surface area contributed by atoms with E-state index in [0.717, 1.165) is 17.8 Å². The number of carbonyl (C=O) groups is 1. The highest BCUT2D eigenvalue weighted by atomic mass is 32.1. The first-order chi connectivity index (χ1) is 10.2. The molecule has 112 valence electrons. The number of urea groups is 1. The zero-order valence-corrected chi connectivity index (χ0v) is 12.2. The molecule has 0 radical (unpaired) electrons. The molecule has 1 aliphatic carbocycles. The summed E-state index contributed by atoms with van der Waals surface area (Å²) in [6, 6.07) is 3.04. The Hall–Kier alpha value is -1.86. The van der Waals surface area contributed by atoms with Crippen molar-refractivity contribution in [1.82, 2.24) is 15.6 Å². The van der Waals surface area contributed by atoms with E-state index in [1.165, 1.54) is 6.26 Å². The highest BCUT2D eigenvalue weighted by Gasteiger charge is 2.35. The summed E-state index contributed by atoms with van der Waals surface area (Å²) in [6.45, 7) is 0.106. The SMILES string of the molecule is O=C(NCC(O)c1ccco1)NC(c1nccs1)C1CC1. The predicted molar refractivity (Wildman–Crippen MR) is 77.8 cm³/mol. The van der Waals surface area contributed by atoms with Gasteiger partial charge in [-0.05, 0) is 30.9 Å². The highest BCUT2D eigenvalue weighted by molar-refractivity contribution is 7.09. The molecule has 2 aromatic heterocycles. The van der Waals surface area contributed by atoms with E-state index in [2.05, 4.69) is 15.6 Å². The van der Waals surface area contributed by atoms with Gasteiger partial charge in [0.1, 0.15) is 16.9 Å². The van der Waals surface area contributed by atoms with Gasteiger partial charge < -0.3 is 20.2 Å². The summed E-state index contributed by atoms with van der Waals surface area (Å²) in [5, 5.41) is 18.3. The van der Waals surface area contributed by atoms with Crippen LogP contribution in [0.3, 0.4) is 0 Å². The van der Waals surface area contributed by atoms with Crippen LogP contribution >= 0.6 is 11.3 Å². The average Bonchev–Trinajstić information content (AvgIpc) is 2.97. The second-order valence-electron chi connectivity index (χ2n) is 5.07. The average molecular weight is 307 g/mol. The number of hydrogen-bond donors (Lipinski definition) is 3. The molecule has 7 heteroatoms. The monoisotopic (exact) mass is 307 g/mol. The first kappa shape index (κ1) is 14.1. The number of nitrogens with zero attached hydrogens (tertiary/aromatic N) is 1. The Morgan fingerprint density at radius 3 is 3.05 bits per heavy atom. The van der Waals surface area contributed by atoms with E-state index in [1.807, 2.05) is 5.38 Å². The summed E-state index contributed by atoms with van der Waals surface area (Å²) in [7, 11) is 0. The minimum atomic E-state index is -0.843. The maximum atomic E-state index is 12.0. The minimum Gasteiger partial charge on any atom is -0.467 e. The molecule has 1 aliphatic rings. The van der Waals surface area contributed by atoms with Crippen molar-refractivity contribution in [1.29, 1.82) is 0 Å². The van der Waals surface area contributed by atoms with Gasteiger partial charge in [-0.3, -0.25) is 0 Å². The largest absolute Gasteiger partial charge is 0.467 e. The number of aliphatic hydroxyl groups excluding tert-OH is 1. The first-order valence-electron chi connectivity index (χ1n) is 6.89. The topological polar surface area (TPSA) is 87.4 Å². The van der Waals surface area contributed by atoms with Crippen LogP contribution in [0.25, 0.3) is 0 Å². The Morgan fingerprint density at radius 1 is 1.57 bits per heavy atom. The molecule has 0 spiro atoms. The summed E-state index contributed by atoms with van der Waals surface area (Å²) in [5.41, 5.74) is 0. The molecule has 1 saturated carbocycles. The lowest BCUT2D eigenvalue weighted by Gasteiger charge is -2.17. The van der Waals surface area contributed by atoms with Crippen molar-refractivity contribution in [3.63, 3.8) is 0 Å². The van der Waals surface area contributed by atoms with Crippen LogP contribution in [0.1, 0.15) is 35.8 Å². The maximum Gasteiger partial charge on any atom is 0.315 e. The van der Waals surface area contributed by atoms with Crippen molar-refractivity contribution in [2.45, 2.75) is 25.0 Å². The Morgan fingerprint density at radius 2 is 2.43 bits per heavy atom. The number of carbonyl (C=O) groups excluding carboxylic acids is 1. The maximum absolute atomic E-state index is 12.0. The number of amides is 2. The van der Waals surface area contributed by atoms with Gasteiger partial charge in [0.05, 0.1) is 18.8 Å². The van der Waals surface area contributed by atoms with E-state index < -0.39 is 6.10 Å². The molecule has 0 aromatic carbocycles. The van der Waals surface area contributed by atoms with Crippen LogP contribution in [0.4, 0.5) is 4.79 Å². The molecule has 3 N–H and O–H groups in total. The van der Waals surface area contributed by atoms with E-state index >= 15 is 0 Å². The summed E-state index contributed by atoms with van der Waals surface area (Å²) in [4.78, 5) is 16.2. The van der Waals surface area contributed by atoms with Crippen molar-refractivity contribution >= 4 is 17.4 Å². The van der Waals surface area contributed by atoms with E-state index in [9.17, 15) is 9.90 Å². The highest BCUT2D eigenvalue weighted by Crippen LogP contribution is 2.41. The summed E-state index contributed by atoms with van der Waals surface area (Å²) in [6.07, 6.45) is 4.61. The number of thiazole rings is 1. The van der Waals surface area contributed by atoms with E-state index in [4.69, 9.17) is 4.42 Å². The normalized spacial score (nSPS) is 17.2. The molecule has 0 bridgehead atoms. The third-order valence-electron chi connectivity index (χ3n) is 3.43. The van der Waals surface area contributed by atoms with Gasteiger partial charge in [-0.25, -0.2) is 9.78 Å². The molecule has 2 aromatic rings. The van der Waals surface area contributed by atoms with E-state index in [0.29, 0.717) is 11.7 Å². The van der Waals surface area contributed by atoms with Crippen molar-refractivity contribution < 1.29 is 14.3 Å². The standard InChI is InChI=1S/C14H17N3O3S/c18-10(11-2-1-6-20-11)8-16-14(19)17-12(9-3-4-9)13-15-5-7-21-13/h1-2,5-7,9-10,12,18H,3-4,8H2,(H2,16,17,19). The van der Waals surface area contributed by atoms with E-state index in [1.54, 1.807) is 29.7 Å². The molecule has 2 heterocycles. The molecule has 0 aliphatic heterocycles. The number of aromatic nitrogens is 1. The summed E-state index contributed by atoms with van der Waals surface area (Å²) < 4.78 is 5.09. The first-order valence-corrected chi connectivity index (χ1v) is 7.77. The predicted octanol–water partition coefficient (Wildman–Crippen LogP) is 2.22. The van der Waals surface area contributed by atoms with Crippen molar-refractivity contribution in [3.05, 3.63) is 40.7 Å². The number of furan rings is 1. The van der Waals surface area contributed by atoms with Gasteiger partial charge in [-0.15, -0.1) is 11.3 Å². The van der Waals surface area contributed by atoms with Gasteiger partial charge in [0.25, 0.3) is 0 Å². The number of nitrogens with one attached hydrogen (secondary N) is 2. The van der Waals surface area contributed by atoms with Crippen LogP contribution in [0, 0.1) is 5.92 Å². The van der Waals surface area contributed by atoms with Crippen molar-refractivity contribution in [2.75, 3.05) is 6.54 Å². The van der Waals surface area contributed by atoms with Gasteiger partial charge in [0, 0.05) is 11.6 Å². The summed E-state index contributed by atoms with van der Waals surface area (Å²) >= 11 is 1.55. The number of aliphatic hydroxyl groups is 1. The van der Waals surface area contributed by atoms with Crippen molar-refractivity contribution in [2.24, 2.45) is 5.92 Å². The van der Waals surface area contributed by atoms with E-state index in [-0.39, 0.29) is 18.6 Å². The fraction of sp³-hybridized carbons (Fsp3) is 0.429. The molecule has 2 amide bonds. The molecule has 0 saturated heterocycles. The Labute approximate surface area is 126 Å². The number of rotatable bonds is 6. The lowest BCUT2D eigenvalue weighted by atomic mass is 10.2. The Kier molecular flexibility index (Phi) is 4.21. The van der Waals surface area contributed by atoms with Gasteiger partial charge in [0.15, 0.2) is 0 Å². The lowest BCUT2D eigenvalue weighted by molar-refractivity contribution is 0.147. The molecule has 2 unspecified atom stereocenters. The minimum absolute atomic E-state index is 0.0363. The molecular formula is C14H17N3O3S. The van der Waals surface area contributed by atoms with Crippen molar-refractivity contribution in [3.8, 4) is 0 Å². The molecule has 6 nitrogen and oxygen atoms in total. The lowest BCUT2D eigenvalue weighted by Crippen LogP contribution is -2.40. The van der Waals surface area contributed by atoms with Gasteiger partial charge in [0.2, 0.25) is 0 Å².